The molecule has 0 bridgehead atoms. The van der Waals surface area contributed by atoms with E-state index < -0.39 is 0 Å². The number of fused-ring (bicyclic) bond motifs is 1. The van der Waals surface area contributed by atoms with E-state index in [2.05, 4.69) is 28.8 Å². The van der Waals surface area contributed by atoms with Crippen LogP contribution in [-0.4, -0.2) is 25.7 Å². The fraction of sp³-hybridized carbons (Fsp3) is 0.600. The Morgan fingerprint density at radius 1 is 1.22 bits per heavy atom. The lowest BCUT2D eigenvalue weighted by Crippen LogP contribution is -2.23. The smallest absolute Gasteiger partial charge is 0.122 e. The molecular weight excluding hydrogens is 224 g/mol. The van der Waals surface area contributed by atoms with Gasteiger partial charge in [0.25, 0.3) is 0 Å². The van der Waals surface area contributed by atoms with Gasteiger partial charge in [-0.1, -0.05) is 12.1 Å². The molecule has 98 valence electrons. The Bertz CT molecular complexity index is 401. The van der Waals surface area contributed by atoms with Crippen molar-refractivity contribution in [3.05, 3.63) is 29.3 Å². The lowest BCUT2D eigenvalue weighted by atomic mass is 10.1. The third-order valence-corrected chi connectivity index (χ3v) is 3.62. The highest BCUT2D eigenvalue weighted by Crippen LogP contribution is 2.25. The molecule has 0 spiro atoms. The van der Waals surface area contributed by atoms with E-state index >= 15 is 0 Å². The van der Waals surface area contributed by atoms with Gasteiger partial charge in [-0.3, -0.25) is 0 Å². The highest BCUT2D eigenvalue weighted by molar-refractivity contribution is 5.39. The molecule has 3 nitrogen and oxygen atoms in total. The van der Waals surface area contributed by atoms with Crippen molar-refractivity contribution < 1.29 is 4.74 Å². The first-order valence-electron chi connectivity index (χ1n) is 7.10. The van der Waals surface area contributed by atoms with Crippen molar-refractivity contribution in [2.75, 3.05) is 19.7 Å². The zero-order chi connectivity index (χ0) is 12.2. The quantitative estimate of drug-likeness (QED) is 0.720. The molecular formula is C15H22N2O. The average Bonchev–Trinajstić information content (AvgIpc) is 3.09. The van der Waals surface area contributed by atoms with E-state index in [9.17, 15) is 0 Å². The van der Waals surface area contributed by atoms with E-state index in [4.69, 9.17) is 4.74 Å². The van der Waals surface area contributed by atoms with Gasteiger partial charge in [0.05, 0.1) is 6.61 Å². The molecule has 1 aliphatic heterocycles. The highest BCUT2D eigenvalue weighted by atomic mass is 16.5. The van der Waals surface area contributed by atoms with Crippen LogP contribution in [0.4, 0.5) is 0 Å². The second-order valence-corrected chi connectivity index (χ2v) is 5.30. The molecule has 2 aliphatic rings. The zero-order valence-corrected chi connectivity index (χ0v) is 10.9. The second kappa shape index (κ2) is 5.72. The lowest BCUT2D eigenvalue weighted by Gasteiger charge is -2.07. The largest absolute Gasteiger partial charge is 0.493 e. The normalized spacial score (nSPS) is 17.6. The molecule has 0 atom stereocenters. The minimum atomic E-state index is 0.835. The van der Waals surface area contributed by atoms with E-state index in [0.29, 0.717) is 0 Å². The van der Waals surface area contributed by atoms with E-state index in [1.807, 2.05) is 0 Å². The van der Waals surface area contributed by atoms with Crippen molar-refractivity contribution in [2.45, 2.75) is 38.3 Å². The Kier molecular flexibility index (Phi) is 3.81. The van der Waals surface area contributed by atoms with Crippen LogP contribution in [-0.2, 0) is 13.0 Å². The maximum Gasteiger partial charge on any atom is 0.122 e. The summed E-state index contributed by atoms with van der Waals surface area (Å²) in [4.78, 5) is 0. The van der Waals surface area contributed by atoms with Crippen molar-refractivity contribution >= 4 is 0 Å². The van der Waals surface area contributed by atoms with Crippen LogP contribution in [0.2, 0.25) is 0 Å². The molecule has 1 saturated carbocycles. The molecule has 2 N–H and O–H groups in total. The first kappa shape index (κ1) is 12.0. The second-order valence-electron chi connectivity index (χ2n) is 5.30. The molecule has 0 radical (unpaired) electrons. The van der Waals surface area contributed by atoms with Gasteiger partial charge in [-0.05, 0) is 49.5 Å². The fourth-order valence-corrected chi connectivity index (χ4v) is 2.39. The molecule has 3 heteroatoms. The maximum atomic E-state index is 5.51. The summed E-state index contributed by atoms with van der Waals surface area (Å²) < 4.78 is 5.51. The Hall–Kier alpha value is -1.06. The van der Waals surface area contributed by atoms with E-state index in [1.165, 1.54) is 30.4 Å². The van der Waals surface area contributed by atoms with Gasteiger partial charge in [0, 0.05) is 19.0 Å². The van der Waals surface area contributed by atoms with Gasteiger partial charge in [-0.15, -0.1) is 0 Å². The van der Waals surface area contributed by atoms with Gasteiger partial charge in [0.2, 0.25) is 0 Å². The predicted octanol–water partition coefficient (Wildman–Crippen LogP) is 1.85. The maximum absolute atomic E-state index is 5.51. The summed E-state index contributed by atoms with van der Waals surface area (Å²) in [5.41, 5.74) is 2.74. The number of ether oxygens (including phenoxy) is 1. The third kappa shape index (κ3) is 3.24. The van der Waals surface area contributed by atoms with Crippen LogP contribution < -0.4 is 15.4 Å². The van der Waals surface area contributed by atoms with E-state index in [-0.39, 0.29) is 0 Å². The minimum Gasteiger partial charge on any atom is -0.493 e. The summed E-state index contributed by atoms with van der Waals surface area (Å²) in [6.45, 7) is 4.05. The Morgan fingerprint density at radius 3 is 3.06 bits per heavy atom. The van der Waals surface area contributed by atoms with E-state index in [1.54, 1.807) is 0 Å². The third-order valence-electron chi connectivity index (χ3n) is 3.62. The number of nitrogens with one attached hydrogen (secondary N) is 2. The number of benzene rings is 1. The SMILES string of the molecule is c1cc2c(cc1CNCCCNC1CC1)CCO2. The first-order chi connectivity index (χ1) is 8.92. The van der Waals surface area contributed by atoms with Gasteiger partial charge in [0.15, 0.2) is 0 Å². The van der Waals surface area contributed by atoms with Gasteiger partial charge >= 0.3 is 0 Å². The monoisotopic (exact) mass is 246 g/mol. The predicted molar refractivity (Wildman–Crippen MR) is 73.0 cm³/mol. The van der Waals surface area contributed by atoms with Crippen molar-refractivity contribution in [1.82, 2.24) is 10.6 Å². The van der Waals surface area contributed by atoms with Crippen LogP contribution in [0, 0.1) is 0 Å². The summed E-state index contributed by atoms with van der Waals surface area (Å²) in [6.07, 6.45) is 5.04. The van der Waals surface area contributed by atoms with Gasteiger partial charge in [0.1, 0.15) is 5.75 Å². The van der Waals surface area contributed by atoms with Crippen LogP contribution in [0.25, 0.3) is 0 Å². The average molecular weight is 246 g/mol. The van der Waals surface area contributed by atoms with Crippen LogP contribution in [0.1, 0.15) is 30.4 Å². The molecule has 3 rings (SSSR count). The zero-order valence-electron chi connectivity index (χ0n) is 10.9. The fourth-order valence-electron chi connectivity index (χ4n) is 2.39. The molecule has 18 heavy (non-hydrogen) atoms. The highest BCUT2D eigenvalue weighted by Gasteiger charge is 2.19. The summed E-state index contributed by atoms with van der Waals surface area (Å²) in [5.74, 6) is 1.08. The molecule has 1 heterocycles. The molecule has 1 aromatic carbocycles. The number of hydrogen-bond donors (Lipinski definition) is 2. The molecule has 0 unspecified atom stereocenters. The van der Waals surface area contributed by atoms with Crippen LogP contribution >= 0.6 is 0 Å². The molecule has 0 saturated heterocycles. The van der Waals surface area contributed by atoms with Gasteiger partial charge in [-0.25, -0.2) is 0 Å². The van der Waals surface area contributed by atoms with Crippen molar-refractivity contribution in [3.63, 3.8) is 0 Å². The van der Waals surface area contributed by atoms with E-state index in [0.717, 1.165) is 44.5 Å². The number of hydrogen-bond acceptors (Lipinski definition) is 3. The summed E-state index contributed by atoms with van der Waals surface area (Å²) in [5, 5.41) is 7.04. The first-order valence-corrected chi connectivity index (χ1v) is 7.10. The lowest BCUT2D eigenvalue weighted by molar-refractivity contribution is 0.357. The molecule has 0 amide bonds. The summed E-state index contributed by atoms with van der Waals surface area (Å²) >= 11 is 0. The van der Waals surface area contributed by atoms with Crippen LogP contribution in [0.5, 0.6) is 5.75 Å². The topological polar surface area (TPSA) is 33.3 Å². The molecule has 1 aliphatic carbocycles. The number of rotatable bonds is 7. The minimum absolute atomic E-state index is 0.835. The van der Waals surface area contributed by atoms with Crippen LogP contribution in [0.3, 0.4) is 0 Å². The molecule has 1 aromatic rings. The standard InChI is InChI=1S/C15H22N2O/c1(8-17-14-3-4-14)7-16-11-12-2-5-15-13(10-12)6-9-18-15/h2,5,10,14,16-17H,1,3-4,6-9,11H2. The molecule has 0 aromatic heterocycles. The summed E-state index contributed by atoms with van der Waals surface area (Å²) in [6, 6.07) is 7.38. The van der Waals surface area contributed by atoms with Crippen LogP contribution in [0.15, 0.2) is 18.2 Å². The summed E-state index contributed by atoms with van der Waals surface area (Å²) in [7, 11) is 0. The van der Waals surface area contributed by atoms with Crippen molar-refractivity contribution in [3.8, 4) is 5.75 Å². The Balaban J connectivity index is 1.34. The Labute approximate surface area is 109 Å². The van der Waals surface area contributed by atoms with Gasteiger partial charge < -0.3 is 15.4 Å². The van der Waals surface area contributed by atoms with Crippen molar-refractivity contribution in [1.29, 1.82) is 0 Å². The molecule has 1 fully saturated rings. The van der Waals surface area contributed by atoms with Gasteiger partial charge in [-0.2, -0.15) is 0 Å². The Morgan fingerprint density at radius 2 is 2.17 bits per heavy atom. The van der Waals surface area contributed by atoms with Crippen molar-refractivity contribution in [2.24, 2.45) is 0 Å².